The van der Waals surface area contributed by atoms with Gasteiger partial charge in [-0.2, -0.15) is 0 Å². The molecule has 0 unspecified atom stereocenters. The summed E-state index contributed by atoms with van der Waals surface area (Å²) in [5, 5.41) is 0.536. The fraction of sp³-hybridized carbons (Fsp3) is 0.300. The molecule has 0 fully saturated rings. The minimum Gasteiger partial charge on any atom is -0.309 e. The molecule has 142 valence electrons. The van der Waals surface area contributed by atoms with Crippen LogP contribution < -0.4 is 4.90 Å². The molecule has 0 atom stereocenters. The van der Waals surface area contributed by atoms with Crippen LogP contribution in [0, 0.1) is 5.82 Å². The van der Waals surface area contributed by atoms with E-state index in [2.05, 4.69) is 9.88 Å². The van der Waals surface area contributed by atoms with E-state index in [-0.39, 0.29) is 11.7 Å². The molecule has 1 heterocycles. The molecule has 0 aliphatic heterocycles. The number of aromatic nitrogens is 1. The number of nitrogens with zero attached hydrogens (tertiary/aromatic N) is 3. The fourth-order valence-corrected chi connectivity index (χ4v) is 4.22. The van der Waals surface area contributed by atoms with Gasteiger partial charge in [0.1, 0.15) is 11.3 Å². The number of hydrogen-bond donors (Lipinski definition) is 0. The predicted molar refractivity (Wildman–Crippen MR) is 113 cm³/mol. The number of rotatable bonds is 7. The quantitative estimate of drug-likeness (QED) is 0.533. The van der Waals surface area contributed by atoms with Crippen LogP contribution >= 0.6 is 23.1 Å². The van der Waals surface area contributed by atoms with E-state index < -0.39 is 0 Å². The zero-order valence-corrected chi connectivity index (χ0v) is 17.2. The summed E-state index contributed by atoms with van der Waals surface area (Å²) in [6, 6.07) is 12.5. The Bertz CT molecular complexity index is 942. The van der Waals surface area contributed by atoms with Gasteiger partial charge in [0.15, 0.2) is 5.13 Å². The van der Waals surface area contributed by atoms with Gasteiger partial charge in [-0.15, -0.1) is 11.8 Å². The fourth-order valence-electron chi connectivity index (χ4n) is 2.76. The molecule has 3 aromatic rings. The van der Waals surface area contributed by atoms with E-state index in [1.165, 1.54) is 17.4 Å². The number of carbonyl (C=O) groups is 1. The normalized spacial score (nSPS) is 11.3. The largest absolute Gasteiger partial charge is 0.309 e. The lowest BCUT2D eigenvalue weighted by Gasteiger charge is -2.21. The topological polar surface area (TPSA) is 36.4 Å². The number of amides is 1. The molecule has 0 aliphatic rings. The number of anilines is 1. The number of benzene rings is 2. The van der Waals surface area contributed by atoms with Crippen molar-refractivity contribution in [1.82, 2.24) is 9.88 Å². The van der Waals surface area contributed by atoms with Gasteiger partial charge in [0.25, 0.3) is 5.91 Å². The molecule has 0 N–H and O–H groups in total. The van der Waals surface area contributed by atoms with E-state index in [9.17, 15) is 9.18 Å². The van der Waals surface area contributed by atoms with Gasteiger partial charge in [0, 0.05) is 17.0 Å². The summed E-state index contributed by atoms with van der Waals surface area (Å²) in [5.41, 5.74) is 0.937. The summed E-state index contributed by atoms with van der Waals surface area (Å²) in [6.45, 7) is 1.38. The average molecular weight is 404 g/mol. The summed E-state index contributed by atoms with van der Waals surface area (Å²) in [5.74, 6) is -0.468. The molecule has 0 bridgehead atoms. The SMILES string of the molecule is CSc1cccc(C(=O)N(CCCN(C)C)c2nc3c(F)cccc3s2)c1. The molecule has 27 heavy (non-hydrogen) atoms. The highest BCUT2D eigenvalue weighted by Crippen LogP contribution is 2.31. The van der Waals surface area contributed by atoms with Crippen molar-refractivity contribution in [1.29, 1.82) is 0 Å². The summed E-state index contributed by atoms with van der Waals surface area (Å²) in [7, 11) is 4.00. The highest BCUT2D eigenvalue weighted by molar-refractivity contribution is 7.98. The maximum absolute atomic E-state index is 14.1. The van der Waals surface area contributed by atoms with Gasteiger partial charge in [-0.25, -0.2) is 9.37 Å². The molecule has 1 amide bonds. The first kappa shape index (κ1) is 19.8. The van der Waals surface area contributed by atoms with Gasteiger partial charge in [-0.1, -0.05) is 23.5 Å². The summed E-state index contributed by atoms with van der Waals surface area (Å²) < 4.78 is 14.8. The zero-order valence-electron chi connectivity index (χ0n) is 15.6. The third-order valence-electron chi connectivity index (χ3n) is 4.14. The number of hydrogen-bond acceptors (Lipinski definition) is 5. The van der Waals surface area contributed by atoms with Crippen LogP contribution in [0.3, 0.4) is 0 Å². The Hall–Kier alpha value is -1.96. The molecule has 2 aromatic carbocycles. The van der Waals surface area contributed by atoms with Crippen LogP contribution in [0.1, 0.15) is 16.8 Å². The Balaban J connectivity index is 1.96. The lowest BCUT2D eigenvalue weighted by Crippen LogP contribution is -2.33. The summed E-state index contributed by atoms with van der Waals surface area (Å²) in [6.07, 6.45) is 2.79. The Kier molecular flexibility index (Phi) is 6.46. The lowest BCUT2D eigenvalue weighted by molar-refractivity contribution is 0.0986. The highest BCUT2D eigenvalue weighted by Gasteiger charge is 2.22. The lowest BCUT2D eigenvalue weighted by atomic mass is 10.2. The van der Waals surface area contributed by atoms with E-state index in [0.29, 0.717) is 22.8 Å². The number of thioether (sulfide) groups is 1. The van der Waals surface area contributed by atoms with Crippen LogP contribution in [0.2, 0.25) is 0 Å². The molecule has 3 rings (SSSR count). The van der Waals surface area contributed by atoms with Gasteiger partial charge in [0.2, 0.25) is 0 Å². The first-order valence-corrected chi connectivity index (χ1v) is 10.7. The van der Waals surface area contributed by atoms with Crippen molar-refractivity contribution in [3.05, 3.63) is 53.8 Å². The Morgan fingerprint density at radius 2 is 1.96 bits per heavy atom. The smallest absolute Gasteiger partial charge is 0.260 e. The van der Waals surface area contributed by atoms with Gasteiger partial charge < -0.3 is 4.90 Å². The van der Waals surface area contributed by atoms with Crippen LogP contribution in [-0.4, -0.2) is 49.2 Å². The van der Waals surface area contributed by atoms with Crippen LogP contribution in [0.15, 0.2) is 47.4 Å². The second-order valence-corrected chi connectivity index (χ2v) is 8.32. The van der Waals surface area contributed by atoms with Crippen molar-refractivity contribution in [3.63, 3.8) is 0 Å². The zero-order chi connectivity index (χ0) is 19.4. The van der Waals surface area contributed by atoms with Crippen molar-refractivity contribution in [3.8, 4) is 0 Å². The Morgan fingerprint density at radius 1 is 1.19 bits per heavy atom. The molecule has 0 radical (unpaired) electrons. The number of fused-ring (bicyclic) bond motifs is 1. The Morgan fingerprint density at radius 3 is 2.67 bits per heavy atom. The van der Waals surface area contributed by atoms with E-state index in [1.54, 1.807) is 22.7 Å². The molecular weight excluding hydrogens is 381 g/mol. The second kappa shape index (κ2) is 8.82. The standard InChI is InChI=1S/C20H22FN3OS2/c1-23(2)11-6-12-24(19(25)14-7-4-8-15(13-14)26-3)20-22-18-16(21)9-5-10-17(18)27-20/h4-5,7-10,13H,6,11-12H2,1-3H3. The van der Waals surface area contributed by atoms with Crippen LogP contribution in [-0.2, 0) is 0 Å². The van der Waals surface area contributed by atoms with E-state index in [0.717, 1.165) is 22.6 Å². The number of carbonyl (C=O) groups excluding carboxylic acids is 1. The maximum Gasteiger partial charge on any atom is 0.260 e. The minimum absolute atomic E-state index is 0.107. The van der Waals surface area contributed by atoms with Gasteiger partial charge in [-0.3, -0.25) is 9.69 Å². The second-order valence-electron chi connectivity index (χ2n) is 6.43. The summed E-state index contributed by atoms with van der Waals surface area (Å²) >= 11 is 2.94. The maximum atomic E-state index is 14.1. The highest BCUT2D eigenvalue weighted by atomic mass is 32.2. The van der Waals surface area contributed by atoms with Gasteiger partial charge in [0.05, 0.1) is 4.70 Å². The number of para-hydroxylation sites is 1. The third-order valence-corrected chi connectivity index (χ3v) is 5.91. The number of thiazole rings is 1. The minimum atomic E-state index is -0.361. The first-order valence-electron chi connectivity index (χ1n) is 8.65. The van der Waals surface area contributed by atoms with E-state index in [4.69, 9.17) is 0 Å². The van der Waals surface area contributed by atoms with Crippen molar-refractivity contribution < 1.29 is 9.18 Å². The van der Waals surface area contributed by atoms with E-state index in [1.807, 2.05) is 50.7 Å². The van der Waals surface area contributed by atoms with Crippen molar-refractivity contribution in [2.24, 2.45) is 0 Å². The molecule has 4 nitrogen and oxygen atoms in total. The molecule has 0 saturated carbocycles. The van der Waals surface area contributed by atoms with Crippen LogP contribution in [0.25, 0.3) is 10.2 Å². The van der Waals surface area contributed by atoms with Crippen LogP contribution in [0.4, 0.5) is 9.52 Å². The molecule has 1 aromatic heterocycles. The molecular formula is C20H22FN3OS2. The van der Waals surface area contributed by atoms with Crippen molar-refractivity contribution in [2.45, 2.75) is 11.3 Å². The predicted octanol–water partition coefficient (Wildman–Crippen LogP) is 4.76. The molecule has 0 aliphatic carbocycles. The van der Waals surface area contributed by atoms with Crippen molar-refractivity contribution >= 4 is 44.4 Å². The molecule has 0 saturated heterocycles. The average Bonchev–Trinajstić information content (AvgIpc) is 3.10. The first-order chi connectivity index (χ1) is 13.0. The van der Waals surface area contributed by atoms with Crippen LogP contribution in [0.5, 0.6) is 0 Å². The molecule has 0 spiro atoms. The molecule has 7 heteroatoms. The van der Waals surface area contributed by atoms with E-state index >= 15 is 0 Å². The van der Waals surface area contributed by atoms with Gasteiger partial charge in [-0.05, 0) is 63.6 Å². The summed E-state index contributed by atoms with van der Waals surface area (Å²) in [4.78, 5) is 22.4. The Labute approximate surface area is 167 Å². The third kappa shape index (κ3) is 4.66. The van der Waals surface area contributed by atoms with Crippen molar-refractivity contribution in [2.75, 3.05) is 38.3 Å². The monoisotopic (exact) mass is 403 g/mol. The number of halogens is 1. The van der Waals surface area contributed by atoms with Gasteiger partial charge >= 0.3 is 0 Å².